The van der Waals surface area contributed by atoms with E-state index in [-0.39, 0.29) is 16.9 Å². The van der Waals surface area contributed by atoms with Crippen LogP contribution in [0.1, 0.15) is 15.9 Å². The third-order valence-corrected chi connectivity index (χ3v) is 6.44. The number of rotatable bonds is 6. The minimum Gasteiger partial charge on any atom is -0.496 e. The molecule has 1 aliphatic heterocycles. The Morgan fingerprint density at radius 2 is 1.68 bits per heavy atom. The first-order chi connectivity index (χ1) is 17.9. The summed E-state index contributed by atoms with van der Waals surface area (Å²) in [6.07, 6.45) is 3.45. The molecule has 0 spiro atoms. The number of hydrogen-bond acceptors (Lipinski definition) is 5. The molecule has 1 aliphatic rings. The van der Waals surface area contributed by atoms with Crippen LogP contribution in [0.4, 0.5) is 11.4 Å². The van der Waals surface area contributed by atoms with Gasteiger partial charge in [0.25, 0.3) is 5.91 Å². The monoisotopic (exact) mass is 534 g/mol. The number of halogens is 1. The van der Waals surface area contributed by atoms with Gasteiger partial charge < -0.3 is 19.9 Å². The molecule has 4 rings (SSSR count). The third-order valence-electron chi connectivity index (χ3n) is 5.93. The van der Waals surface area contributed by atoms with Crippen molar-refractivity contribution in [3.63, 3.8) is 0 Å². The lowest BCUT2D eigenvalue weighted by Crippen LogP contribution is -2.48. The smallest absolute Gasteiger partial charge is 0.261 e. The molecule has 0 bridgehead atoms. The third kappa shape index (κ3) is 6.87. The van der Waals surface area contributed by atoms with E-state index in [9.17, 15) is 9.59 Å². The molecule has 2 N–H and O–H groups in total. The largest absolute Gasteiger partial charge is 0.496 e. The van der Waals surface area contributed by atoms with Crippen LogP contribution in [0.3, 0.4) is 0 Å². The first-order valence-corrected chi connectivity index (χ1v) is 12.5. The highest BCUT2D eigenvalue weighted by Crippen LogP contribution is 2.30. The Bertz CT molecular complexity index is 1310. The Balaban J connectivity index is 1.30. The second-order valence-corrected chi connectivity index (χ2v) is 9.15. The Labute approximate surface area is 226 Å². The predicted octanol–water partition coefficient (Wildman–Crippen LogP) is 4.84. The molecule has 3 aromatic carbocycles. The van der Waals surface area contributed by atoms with Crippen LogP contribution in [0, 0.1) is 0 Å². The number of methoxy groups -OCH3 is 1. The summed E-state index contributed by atoms with van der Waals surface area (Å²) in [5, 5.41) is 6.35. The highest BCUT2D eigenvalue weighted by atomic mass is 35.5. The van der Waals surface area contributed by atoms with Gasteiger partial charge in [0.2, 0.25) is 5.91 Å². The normalized spacial score (nSPS) is 13.4. The SMILES string of the molecule is COc1ccccc1C(=O)NC(=S)Nc1ccc(N2CCN(C(=O)/C=C/c3ccccc3)CC2)c(Cl)c1. The molecule has 0 saturated carbocycles. The van der Waals surface area contributed by atoms with E-state index in [4.69, 9.17) is 28.6 Å². The number of piperazine rings is 1. The van der Waals surface area contributed by atoms with Crippen molar-refractivity contribution in [1.29, 1.82) is 0 Å². The molecule has 2 amide bonds. The molecule has 37 heavy (non-hydrogen) atoms. The number of hydrogen-bond donors (Lipinski definition) is 2. The number of carbonyl (C=O) groups is 2. The number of para-hydroxylation sites is 1. The van der Waals surface area contributed by atoms with Crippen molar-refractivity contribution < 1.29 is 14.3 Å². The van der Waals surface area contributed by atoms with Gasteiger partial charge in [-0.15, -0.1) is 0 Å². The van der Waals surface area contributed by atoms with Crippen LogP contribution in [-0.4, -0.2) is 55.1 Å². The Hall–Kier alpha value is -3.88. The Morgan fingerprint density at radius 3 is 2.38 bits per heavy atom. The van der Waals surface area contributed by atoms with Gasteiger partial charge in [0.1, 0.15) is 5.75 Å². The molecule has 0 radical (unpaired) electrons. The number of thiocarbonyl (C=S) groups is 1. The average Bonchev–Trinajstić information content (AvgIpc) is 2.92. The highest BCUT2D eigenvalue weighted by Gasteiger charge is 2.21. The number of carbonyl (C=O) groups excluding carboxylic acids is 2. The molecular weight excluding hydrogens is 508 g/mol. The lowest BCUT2D eigenvalue weighted by Gasteiger charge is -2.36. The molecule has 1 saturated heterocycles. The summed E-state index contributed by atoms with van der Waals surface area (Å²) < 4.78 is 5.23. The van der Waals surface area contributed by atoms with Crippen molar-refractivity contribution in [2.75, 3.05) is 43.5 Å². The molecule has 190 valence electrons. The summed E-state index contributed by atoms with van der Waals surface area (Å²) in [5.74, 6) is 0.0886. The van der Waals surface area contributed by atoms with Crippen LogP contribution >= 0.6 is 23.8 Å². The molecule has 0 unspecified atom stereocenters. The van der Waals surface area contributed by atoms with Crippen LogP contribution in [0.25, 0.3) is 6.08 Å². The summed E-state index contributed by atoms with van der Waals surface area (Å²) in [4.78, 5) is 29.1. The van der Waals surface area contributed by atoms with E-state index in [1.54, 1.807) is 36.4 Å². The van der Waals surface area contributed by atoms with Crippen molar-refractivity contribution in [1.82, 2.24) is 10.2 Å². The zero-order valence-electron chi connectivity index (χ0n) is 20.3. The van der Waals surface area contributed by atoms with Crippen molar-refractivity contribution in [3.8, 4) is 5.75 Å². The van der Waals surface area contributed by atoms with Gasteiger partial charge in [0.15, 0.2) is 5.11 Å². The predicted molar refractivity (Wildman–Crippen MR) is 152 cm³/mol. The standard InChI is InChI=1S/C28H27ClN4O3S/c1-36-25-10-6-5-9-22(25)27(35)31-28(37)30-21-12-13-24(23(29)19-21)32-15-17-33(18-16-32)26(34)14-11-20-7-3-2-4-8-20/h2-14,19H,15-18H2,1H3,(H2,30,31,35,37)/b14-11+. The van der Waals surface area contributed by atoms with Gasteiger partial charge in [-0.3, -0.25) is 14.9 Å². The summed E-state index contributed by atoms with van der Waals surface area (Å²) in [7, 11) is 1.51. The van der Waals surface area contributed by atoms with Crippen molar-refractivity contribution >= 4 is 58.2 Å². The first-order valence-electron chi connectivity index (χ1n) is 11.8. The number of anilines is 2. The van der Waals surface area contributed by atoms with Gasteiger partial charge in [-0.1, -0.05) is 54.1 Å². The van der Waals surface area contributed by atoms with Crippen molar-refractivity contribution in [3.05, 3.63) is 95.0 Å². The minimum atomic E-state index is -0.372. The maximum Gasteiger partial charge on any atom is 0.261 e. The second-order valence-electron chi connectivity index (χ2n) is 8.33. The number of benzene rings is 3. The van der Waals surface area contributed by atoms with Crippen LogP contribution < -0.4 is 20.3 Å². The van der Waals surface area contributed by atoms with E-state index in [1.807, 2.05) is 53.4 Å². The van der Waals surface area contributed by atoms with Crippen LogP contribution in [0.2, 0.25) is 5.02 Å². The summed E-state index contributed by atoms with van der Waals surface area (Å²) in [5.41, 5.74) is 2.91. The number of ether oxygens (including phenoxy) is 1. The van der Waals surface area contributed by atoms with E-state index < -0.39 is 0 Å². The van der Waals surface area contributed by atoms with E-state index in [0.717, 1.165) is 11.3 Å². The van der Waals surface area contributed by atoms with E-state index in [0.29, 0.717) is 48.2 Å². The molecule has 0 aliphatic carbocycles. The molecule has 9 heteroatoms. The lowest BCUT2D eigenvalue weighted by molar-refractivity contribution is -0.126. The van der Waals surface area contributed by atoms with Gasteiger partial charge in [0.05, 0.1) is 23.4 Å². The number of amides is 2. The second kappa shape index (κ2) is 12.4. The first kappa shape index (κ1) is 26.2. The van der Waals surface area contributed by atoms with Gasteiger partial charge in [-0.25, -0.2) is 0 Å². The summed E-state index contributed by atoms with van der Waals surface area (Å²) >= 11 is 11.9. The molecule has 0 atom stereocenters. The minimum absolute atomic E-state index is 0.00201. The quantitative estimate of drug-likeness (QED) is 0.348. The van der Waals surface area contributed by atoms with Crippen molar-refractivity contribution in [2.45, 2.75) is 0 Å². The van der Waals surface area contributed by atoms with E-state index in [2.05, 4.69) is 15.5 Å². The number of nitrogens with one attached hydrogen (secondary N) is 2. The summed E-state index contributed by atoms with van der Waals surface area (Å²) in [6, 6.07) is 22.2. The molecule has 0 aromatic heterocycles. The Morgan fingerprint density at radius 1 is 0.973 bits per heavy atom. The molecule has 1 heterocycles. The molecular formula is C28H27ClN4O3S. The van der Waals surface area contributed by atoms with E-state index in [1.165, 1.54) is 7.11 Å². The topological polar surface area (TPSA) is 73.9 Å². The van der Waals surface area contributed by atoms with Gasteiger partial charge in [-0.2, -0.15) is 0 Å². The fourth-order valence-electron chi connectivity index (χ4n) is 4.01. The van der Waals surface area contributed by atoms with Gasteiger partial charge >= 0.3 is 0 Å². The zero-order valence-corrected chi connectivity index (χ0v) is 21.9. The van der Waals surface area contributed by atoms with Crippen LogP contribution in [0.15, 0.2) is 78.9 Å². The van der Waals surface area contributed by atoms with Crippen LogP contribution in [-0.2, 0) is 4.79 Å². The molecule has 1 fully saturated rings. The van der Waals surface area contributed by atoms with Crippen LogP contribution in [0.5, 0.6) is 5.75 Å². The number of nitrogens with zero attached hydrogens (tertiary/aromatic N) is 2. The van der Waals surface area contributed by atoms with E-state index >= 15 is 0 Å². The van der Waals surface area contributed by atoms with Crippen molar-refractivity contribution in [2.24, 2.45) is 0 Å². The fourth-order valence-corrected chi connectivity index (χ4v) is 4.52. The molecule has 7 nitrogen and oxygen atoms in total. The summed E-state index contributed by atoms with van der Waals surface area (Å²) in [6.45, 7) is 2.55. The fraction of sp³-hybridized carbons (Fsp3) is 0.179. The highest BCUT2D eigenvalue weighted by molar-refractivity contribution is 7.80. The van der Waals surface area contributed by atoms with Gasteiger partial charge in [-0.05, 0) is 54.2 Å². The molecule has 3 aromatic rings. The lowest BCUT2D eigenvalue weighted by atomic mass is 10.2. The zero-order chi connectivity index (χ0) is 26.2. The van der Waals surface area contributed by atoms with Gasteiger partial charge in [0, 0.05) is 37.9 Å². The Kier molecular flexibility index (Phi) is 8.77. The average molecular weight is 535 g/mol. The maximum atomic E-state index is 12.6. The maximum absolute atomic E-state index is 12.6.